The molecule has 0 saturated carbocycles. The molecule has 2 atom stereocenters. The van der Waals surface area contributed by atoms with Gasteiger partial charge in [0.2, 0.25) is 0 Å². The third kappa shape index (κ3) is 7.81. The Hall–Kier alpha value is -1.52. The minimum atomic E-state index is -0.760. The van der Waals surface area contributed by atoms with Crippen molar-refractivity contribution in [2.45, 2.75) is 45.4 Å². The second-order valence-corrected chi connectivity index (χ2v) is 5.61. The van der Waals surface area contributed by atoms with Crippen LogP contribution in [0.3, 0.4) is 0 Å². The lowest BCUT2D eigenvalue weighted by Crippen LogP contribution is -2.39. The number of amides is 2. The molecular weight excluding hydrogens is 256 g/mol. The smallest absolute Gasteiger partial charge is 0.314 e. The number of carboxylic acid groups (broad SMARTS) is 1. The molecule has 0 radical (unpaired) electrons. The normalized spacial score (nSPS) is 19.4. The first-order chi connectivity index (χ1) is 9.58. The van der Waals surface area contributed by atoms with Crippen LogP contribution in [0.2, 0.25) is 0 Å². The Morgan fingerprint density at radius 3 is 2.75 bits per heavy atom. The zero-order valence-electron chi connectivity index (χ0n) is 12.2. The molecule has 0 aromatic heterocycles. The highest BCUT2D eigenvalue weighted by Gasteiger charge is 2.11. The van der Waals surface area contributed by atoms with Gasteiger partial charge in [-0.05, 0) is 43.9 Å². The Bertz CT molecular complexity index is 342. The van der Waals surface area contributed by atoms with E-state index < -0.39 is 5.97 Å². The van der Waals surface area contributed by atoms with Gasteiger partial charge in [0.1, 0.15) is 0 Å². The van der Waals surface area contributed by atoms with Crippen molar-refractivity contribution >= 4 is 12.0 Å². The monoisotopic (exact) mass is 282 g/mol. The highest BCUT2D eigenvalue weighted by atomic mass is 16.4. The zero-order valence-corrected chi connectivity index (χ0v) is 12.2. The van der Waals surface area contributed by atoms with Crippen molar-refractivity contribution in [2.75, 3.05) is 13.1 Å². The summed E-state index contributed by atoms with van der Waals surface area (Å²) in [5.74, 6) is 0.110. The van der Waals surface area contributed by atoms with Gasteiger partial charge >= 0.3 is 12.0 Å². The fraction of sp³-hybridized carbons (Fsp3) is 0.733. The minimum absolute atomic E-state index is 0.120. The summed E-state index contributed by atoms with van der Waals surface area (Å²) in [6.45, 7) is 3.33. The van der Waals surface area contributed by atoms with Gasteiger partial charge in [0.05, 0.1) is 0 Å². The van der Waals surface area contributed by atoms with Crippen LogP contribution in [0.5, 0.6) is 0 Å². The van der Waals surface area contributed by atoms with E-state index in [1.165, 1.54) is 0 Å². The summed E-state index contributed by atoms with van der Waals surface area (Å²) in [6, 6.07) is -0.120. The molecular formula is C15H26N2O3. The number of hydrogen-bond acceptors (Lipinski definition) is 2. The lowest BCUT2D eigenvalue weighted by molar-refractivity contribution is -0.137. The number of rotatable bonds is 8. The van der Waals surface area contributed by atoms with Gasteiger partial charge in [-0.2, -0.15) is 0 Å². The van der Waals surface area contributed by atoms with E-state index in [2.05, 4.69) is 22.8 Å². The molecule has 5 nitrogen and oxygen atoms in total. The first kappa shape index (κ1) is 16.5. The molecule has 2 amide bonds. The van der Waals surface area contributed by atoms with Crippen molar-refractivity contribution in [1.82, 2.24) is 10.6 Å². The van der Waals surface area contributed by atoms with Crippen LogP contribution in [0.15, 0.2) is 12.2 Å². The van der Waals surface area contributed by atoms with Crippen molar-refractivity contribution in [3.05, 3.63) is 12.2 Å². The van der Waals surface area contributed by atoms with Crippen LogP contribution >= 0.6 is 0 Å². The summed E-state index contributed by atoms with van der Waals surface area (Å²) in [5, 5.41) is 14.3. The summed E-state index contributed by atoms with van der Waals surface area (Å²) in [6.07, 6.45) is 9.33. The fourth-order valence-electron chi connectivity index (χ4n) is 2.29. The third-order valence-electron chi connectivity index (χ3n) is 3.70. The predicted octanol–water partition coefficient (Wildman–Crippen LogP) is 2.53. The van der Waals surface area contributed by atoms with E-state index in [4.69, 9.17) is 5.11 Å². The molecule has 1 rings (SSSR count). The van der Waals surface area contributed by atoms with E-state index in [1.807, 2.05) is 6.92 Å². The molecule has 20 heavy (non-hydrogen) atoms. The summed E-state index contributed by atoms with van der Waals surface area (Å²) >= 11 is 0. The predicted molar refractivity (Wildman–Crippen MR) is 78.5 cm³/mol. The number of hydrogen-bond donors (Lipinski definition) is 3. The SMILES string of the molecule is CC(CCNC(=O)NCC1CC=CCC1)CCC(=O)O. The number of carbonyl (C=O) groups excluding carboxylic acids is 1. The molecule has 0 spiro atoms. The maximum atomic E-state index is 11.6. The topological polar surface area (TPSA) is 78.4 Å². The molecule has 5 heteroatoms. The van der Waals surface area contributed by atoms with E-state index in [1.54, 1.807) is 0 Å². The molecule has 1 aliphatic rings. The maximum absolute atomic E-state index is 11.6. The van der Waals surface area contributed by atoms with E-state index >= 15 is 0 Å². The molecule has 0 fully saturated rings. The largest absolute Gasteiger partial charge is 0.481 e. The molecule has 2 unspecified atom stereocenters. The number of aliphatic carboxylic acids is 1. The number of allylic oxidation sites excluding steroid dienone is 2. The van der Waals surface area contributed by atoms with Crippen molar-refractivity contribution in [3.63, 3.8) is 0 Å². The van der Waals surface area contributed by atoms with E-state index in [0.717, 1.165) is 32.2 Å². The molecule has 0 heterocycles. The Labute approximate surface area is 120 Å². The Morgan fingerprint density at radius 2 is 2.10 bits per heavy atom. The molecule has 0 saturated heterocycles. The van der Waals surface area contributed by atoms with E-state index in [9.17, 15) is 9.59 Å². The van der Waals surface area contributed by atoms with Crippen LogP contribution in [0.1, 0.15) is 45.4 Å². The third-order valence-corrected chi connectivity index (χ3v) is 3.70. The van der Waals surface area contributed by atoms with Crippen LogP contribution in [0, 0.1) is 11.8 Å². The van der Waals surface area contributed by atoms with Crippen molar-refractivity contribution in [2.24, 2.45) is 11.8 Å². The van der Waals surface area contributed by atoms with Crippen LogP contribution in [0.25, 0.3) is 0 Å². The highest BCUT2D eigenvalue weighted by Crippen LogP contribution is 2.16. The number of carboxylic acids is 1. The number of carbonyl (C=O) groups is 2. The van der Waals surface area contributed by atoms with E-state index in [-0.39, 0.29) is 12.5 Å². The number of nitrogens with one attached hydrogen (secondary N) is 2. The Kier molecular flexibility index (Phi) is 7.77. The second kappa shape index (κ2) is 9.39. The average Bonchev–Trinajstić information content (AvgIpc) is 2.44. The van der Waals surface area contributed by atoms with Crippen LogP contribution < -0.4 is 10.6 Å². The van der Waals surface area contributed by atoms with Crippen molar-refractivity contribution in [1.29, 1.82) is 0 Å². The van der Waals surface area contributed by atoms with Gasteiger partial charge < -0.3 is 15.7 Å². The van der Waals surface area contributed by atoms with Crippen LogP contribution in [-0.4, -0.2) is 30.2 Å². The first-order valence-electron chi connectivity index (χ1n) is 7.46. The van der Waals surface area contributed by atoms with Crippen LogP contribution in [-0.2, 0) is 4.79 Å². The standard InChI is InChI=1S/C15H26N2O3/c1-12(7-8-14(18)19)9-10-16-15(20)17-11-13-5-3-2-4-6-13/h2-3,12-13H,4-11H2,1H3,(H,18,19)(H2,16,17,20). The van der Waals surface area contributed by atoms with Gasteiger partial charge in [0.25, 0.3) is 0 Å². The van der Waals surface area contributed by atoms with Crippen LogP contribution in [0.4, 0.5) is 4.79 Å². The summed E-state index contributed by atoms with van der Waals surface area (Å²) < 4.78 is 0. The lowest BCUT2D eigenvalue weighted by Gasteiger charge is -2.18. The fourth-order valence-corrected chi connectivity index (χ4v) is 2.29. The van der Waals surface area contributed by atoms with Gasteiger partial charge in [0, 0.05) is 19.5 Å². The minimum Gasteiger partial charge on any atom is -0.481 e. The Morgan fingerprint density at radius 1 is 1.30 bits per heavy atom. The van der Waals surface area contributed by atoms with Gasteiger partial charge in [-0.3, -0.25) is 4.79 Å². The first-order valence-corrected chi connectivity index (χ1v) is 7.46. The van der Waals surface area contributed by atoms with E-state index in [0.29, 0.717) is 24.8 Å². The molecule has 0 aliphatic heterocycles. The molecule has 0 aromatic rings. The van der Waals surface area contributed by atoms with Gasteiger partial charge in [-0.15, -0.1) is 0 Å². The van der Waals surface area contributed by atoms with Gasteiger partial charge in [-0.25, -0.2) is 4.79 Å². The zero-order chi connectivity index (χ0) is 14.8. The molecule has 1 aliphatic carbocycles. The molecule has 3 N–H and O–H groups in total. The lowest BCUT2D eigenvalue weighted by atomic mass is 9.94. The maximum Gasteiger partial charge on any atom is 0.314 e. The van der Waals surface area contributed by atoms with Gasteiger partial charge in [0.15, 0.2) is 0 Å². The van der Waals surface area contributed by atoms with Gasteiger partial charge in [-0.1, -0.05) is 19.1 Å². The summed E-state index contributed by atoms with van der Waals surface area (Å²) in [7, 11) is 0. The summed E-state index contributed by atoms with van der Waals surface area (Å²) in [4.78, 5) is 22.0. The highest BCUT2D eigenvalue weighted by molar-refractivity contribution is 5.73. The molecule has 0 bridgehead atoms. The quantitative estimate of drug-likeness (QED) is 0.599. The van der Waals surface area contributed by atoms with Crippen molar-refractivity contribution < 1.29 is 14.7 Å². The van der Waals surface area contributed by atoms with Crippen molar-refractivity contribution in [3.8, 4) is 0 Å². The Balaban J connectivity index is 2.02. The number of urea groups is 1. The summed E-state index contributed by atoms with van der Waals surface area (Å²) in [5.41, 5.74) is 0. The molecule has 0 aromatic carbocycles. The second-order valence-electron chi connectivity index (χ2n) is 5.61. The molecule has 114 valence electrons. The average molecular weight is 282 g/mol.